The van der Waals surface area contributed by atoms with Crippen LogP contribution >= 0.6 is 0 Å². The second-order valence-corrected chi connectivity index (χ2v) is 9.18. The Morgan fingerprint density at radius 1 is 1.22 bits per heavy atom. The molecule has 2 fully saturated rings. The molecule has 11 nitrogen and oxygen atoms in total. The molecule has 4 N–H and O–H groups in total. The van der Waals surface area contributed by atoms with Gasteiger partial charge in [-0.25, -0.2) is 0 Å². The van der Waals surface area contributed by atoms with Crippen LogP contribution in [0, 0.1) is 0 Å². The summed E-state index contributed by atoms with van der Waals surface area (Å²) in [6.45, 7) is 1.18. The van der Waals surface area contributed by atoms with E-state index < -0.39 is 30.1 Å². The van der Waals surface area contributed by atoms with Gasteiger partial charge in [0.1, 0.15) is 12.1 Å². The van der Waals surface area contributed by atoms with E-state index in [1.54, 1.807) is 42.5 Å². The Morgan fingerprint density at radius 3 is 2.86 bits per heavy atom. The number of likely N-dealkylation sites (tertiary alicyclic amines) is 1. The lowest BCUT2D eigenvalue weighted by Gasteiger charge is -2.34. The maximum absolute atomic E-state index is 13.2. The van der Waals surface area contributed by atoms with Crippen molar-refractivity contribution >= 4 is 41.2 Å². The number of fused-ring (bicyclic) bond motifs is 1. The van der Waals surface area contributed by atoms with Crippen molar-refractivity contribution in [3.05, 3.63) is 59.2 Å². The quantitative estimate of drug-likeness (QED) is 0.481. The summed E-state index contributed by atoms with van der Waals surface area (Å²) in [5.41, 5.74) is 8.70. The fraction of sp³-hybridized carbons (Fsp3) is 0.346. The number of amides is 3. The molecule has 3 aliphatic rings. The number of amidine groups is 1. The lowest BCUT2D eigenvalue weighted by Crippen LogP contribution is -2.55. The second kappa shape index (κ2) is 10.1. The van der Waals surface area contributed by atoms with Crippen molar-refractivity contribution in [3.8, 4) is 0 Å². The van der Waals surface area contributed by atoms with Gasteiger partial charge in [-0.2, -0.15) is 0 Å². The number of rotatable bonds is 6. The van der Waals surface area contributed by atoms with E-state index in [4.69, 9.17) is 10.5 Å². The van der Waals surface area contributed by atoms with Crippen molar-refractivity contribution in [1.82, 2.24) is 4.90 Å². The molecule has 2 saturated heterocycles. The largest absolute Gasteiger partial charge is 0.383 e. The molecule has 2 aromatic carbocycles. The highest BCUT2D eigenvalue weighted by Crippen LogP contribution is 2.26. The number of hydrogen-bond donors (Lipinski definition) is 3. The van der Waals surface area contributed by atoms with Crippen molar-refractivity contribution in [2.45, 2.75) is 37.6 Å². The number of nitrogens with one attached hydrogen (secondary N) is 1. The molecule has 0 aliphatic carbocycles. The number of aldehydes is 1. The molecule has 0 radical (unpaired) electrons. The first-order chi connectivity index (χ1) is 17.9. The number of nitrogens with zero attached hydrogens (tertiary/aromatic N) is 3. The number of carbonyl (C=O) groups is 4. The summed E-state index contributed by atoms with van der Waals surface area (Å²) in [5.74, 6) is -1.23. The molecule has 3 aliphatic heterocycles. The van der Waals surface area contributed by atoms with E-state index in [1.165, 1.54) is 9.80 Å². The number of aliphatic hydroxyl groups excluding tert-OH is 1. The Kier molecular flexibility index (Phi) is 6.72. The first-order valence-electron chi connectivity index (χ1n) is 12.1. The molecule has 37 heavy (non-hydrogen) atoms. The highest BCUT2D eigenvalue weighted by atomic mass is 16.5. The molecule has 0 aromatic heterocycles. The lowest BCUT2D eigenvalue weighted by atomic mass is 10.1. The van der Waals surface area contributed by atoms with E-state index in [2.05, 4.69) is 10.3 Å². The molecule has 11 heteroatoms. The van der Waals surface area contributed by atoms with Crippen LogP contribution in [0.2, 0.25) is 0 Å². The minimum absolute atomic E-state index is 0.0910. The predicted molar refractivity (Wildman–Crippen MR) is 134 cm³/mol. The third-order valence-corrected chi connectivity index (χ3v) is 6.87. The molecule has 0 unspecified atom stereocenters. The monoisotopic (exact) mass is 505 g/mol. The van der Waals surface area contributed by atoms with Crippen molar-refractivity contribution in [1.29, 1.82) is 0 Å². The van der Waals surface area contributed by atoms with E-state index >= 15 is 0 Å². The standard InChI is InChI=1S/C26H27N5O6/c27-23-20-7-6-17(11-16(20)13-28-23)29-24(34)21(33)22-26(36)31(9-10-37-22)18-4-1-3-15(12-18)25(35)30-8-2-5-19(30)14-32/h1,3-4,6-7,11-12,14,19,21-22,33H,2,5,8-10,13H2,(H2,27,28)(H,29,34)/t19-,21+,22+/m0/s1. The van der Waals surface area contributed by atoms with Crippen LogP contribution in [0.4, 0.5) is 11.4 Å². The van der Waals surface area contributed by atoms with E-state index in [9.17, 15) is 24.3 Å². The van der Waals surface area contributed by atoms with E-state index in [-0.39, 0.29) is 19.1 Å². The average Bonchev–Trinajstić information content (AvgIpc) is 3.54. The summed E-state index contributed by atoms with van der Waals surface area (Å²) in [6.07, 6.45) is -1.01. The zero-order chi connectivity index (χ0) is 26.1. The highest BCUT2D eigenvalue weighted by molar-refractivity contribution is 6.05. The third-order valence-electron chi connectivity index (χ3n) is 6.87. The van der Waals surface area contributed by atoms with Crippen LogP contribution < -0.4 is 16.0 Å². The maximum Gasteiger partial charge on any atom is 0.259 e. The van der Waals surface area contributed by atoms with E-state index in [1.807, 2.05) is 0 Å². The van der Waals surface area contributed by atoms with Crippen LogP contribution in [0.25, 0.3) is 0 Å². The fourth-order valence-corrected chi connectivity index (χ4v) is 4.91. The zero-order valence-corrected chi connectivity index (χ0v) is 20.0. The summed E-state index contributed by atoms with van der Waals surface area (Å²) >= 11 is 0. The van der Waals surface area contributed by atoms with Gasteiger partial charge in [0.15, 0.2) is 12.2 Å². The van der Waals surface area contributed by atoms with Gasteiger partial charge in [-0.15, -0.1) is 0 Å². The van der Waals surface area contributed by atoms with Gasteiger partial charge in [0.25, 0.3) is 17.7 Å². The summed E-state index contributed by atoms with van der Waals surface area (Å²) in [6, 6.07) is 11.2. The Labute approximate surface area is 212 Å². The molecule has 192 valence electrons. The number of aliphatic imine (C=N–C) groups is 1. The van der Waals surface area contributed by atoms with Gasteiger partial charge in [0, 0.05) is 35.6 Å². The van der Waals surface area contributed by atoms with Gasteiger partial charge in [0.2, 0.25) is 0 Å². The maximum atomic E-state index is 13.2. The van der Waals surface area contributed by atoms with Crippen LogP contribution in [-0.4, -0.2) is 77.8 Å². The van der Waals surface area contributed by atoms with Gasteiger partial charge < -0.3 is 35.5 Å². The number of hydrogen-bond acceptors (Lipinski definition) is 8. The average molecular weight is 506 g/mol. The number of morpholine rings is 1. The zero-order valence-electron chi connectivity index (χ0n) is 20.0. The Bertz CT molecular complexity index is 1290. The molecule has 5 rings (SSSR count). The summed E-state index contributed by atoms with van der Waals surface area (Å²) in [7, 11) is 0. The Morgan fingerprint density at radius 2 is 2.05 bits per heavy atom. The molecular weight excluding hydrogens is 478 g/mol. The van der Waals surface area contributed by atoms with Crippen LogP contribution in [0.15, 0.2) is 47.5 Å². The lowest BCUT2D eigenvalue weighted by molar-refractivity contribution is -0.150. The highest BCUT2D eigenvalue weighted by Gasteiger charge is 2.40. The van der Waals surface area contributed by atoms with Crippen molar-refractivity contribution in [3.63, 3.8) is 0 Å². The minimum atomic E-state index is -1.76. The van der Waals surface area contributed by atoms with Crippen LogP contribution in [0.5, 0.6) is 0 Å². The fourth-order valence-electron chi connectivity index (χ4n) is 4.91. The summed E-state index contributed by atoms with van der Waals surface area (Å²) in [5, 5.41) is 13.3. The van der Waals surface area contributed by atoms with Crippen LogP contribution in [0.3, 0.4) is 0 Å². The van der Waals surface area contributed by atoms with Gasteiger partial charge in [0.05, 0.1) is 19.2 Å². The second-order valence-electron chi connectivity index (χ2n) is 9.18. The van der Waals surface area contributed by atoms with E-state index in [0.717, 1.165) is 23.8 Å². The van der Waals surface area contributed by atoms with Gasteiger partial charge in [-0.1, -0.05) is 6.07 Å². The topological polar surface area (TPSA) is 155 Å². The summed E-state index contributed by atoms with van der Waals surface area (Å²) in [4.78, 5) is 57.4. The van der Waals surface area contributed by atoms with Gasteiger partial charge in [-0.05, 0) is 54.8 Å². The Hall–Kier alpha value is -4.09. The van der Waals surface area contributed by atoms with Crippen molar-refractivity contribution < 1.29 is 29.0 Å². The van der Waals surface area contributed by atoms with Crippen molar-refractivity contribution in [2.75, 3.05) is 29.9 Å². The first-order valence-corrected chi connectivity index (χ1v) is 12.1. The van der Waals surface area contributed by atoms with Crippen molar-refractivity contribution in [2.24, 2.45) is 10.7 Å². The molecular formula is C26H27N5O6. The van der Waals surface area contributed by atoms with Gasteiger partial charge in [-0.3, -0.25) is 19.4 Å². The first kappa shape index (κ1) is 24.6. The minimum Gasteiger partial charge on any atom is -0.383 e. The molecule has 0 bridgehead atoms. The predicted octanol–water partition coefficient (Wildman–Crippen LogP) is 0.440. The SMILES string of the molecule is NC1=NCc2cc(NC(=O)[C@H](O)[C@H]3OCCN(c4cccc(C(=O)N5CCC[C@H]5C=O)c4)C3=O)ccc21. The molecule has 3 atom stereocenters. The normalized spacial score (nSPS) is 21.9. The number of nitrogens with two attached hydrogens (primary N) is 1. The third kappa shape index (κ3) is 4.70. The number of ether oxygens (including phenoxy) is 1. The molecule has 2 aromatic rings. The number of carbonyl (C=O) groups excluding carboxylic acids is 4. The molecule has 3 amide bonds. The Balaban J connectivity index is 1.28. The van der Waals surface area contributed by atoms with E-state index in [0.29, 0.717) is 42.3 Å². The van der Waals surface area contributed by atoms with Crippen LogP contribution in [-0.2, 0) is 25.7 Å². The number of anilines is 2. The molecule has 0 spiro atoms. The number of benzene rings is 2. The van der Waals surface area contributed by atoms with Crippen LogP contribution in [0.1, 0.15) is 34.3 Å². The molecule has 3 heterocycles. The smallest absolute Gasteiger partial charge is 0.259 e. The van der Waals surface area contributed by atoms with Gasteiger partial charge >= 0.3 is 0 Å². The summed E-state index contributed by atoms with van der Waals surface area (Å²) < 4.78 is 5.49. The number of aliphatic hydroxyl groups is 1. The molecule has 0 saturated carbocycles.